The predicted molar refractivity (Wildman–Crippen MR) is 117 cm³/mol. The van der Waals surface area contributed by atoms with Crippen LogP contribution in [-0.2, 0) is 25.8 Å². The Morgan fingerprint density at radius 3 is 1.23 bits per heavy atom. The fourth-order valence-corrected chi connectivity index (χ4v) is 3.19. The van der Waals surface area contributed by atoms with E-state index in [1.165, 1.54) is 10.4 Å². The van der Waals surface area contributed by atoms with Gasteiger partial charge in [-0.3, -0.25) is 12.2 Å². The smallest absolute Gasteiger partial charge is 0.103 e. The average Bonchev–Trinajstić information content (AvgIpc) is 3.35. The van der Waals surface area contributed by atoms with Gasteiger partial charge in [0.15, 0.2) is 0 Å². The number of allylic oxidation sites excluding steroid dienone is 8. The molecule has 0 saturated heterocycles. The molecule has 4 rings (SSSR count). The van der Waals surface area contributed by atoms with E-state index < -0.39 is 0 Å². The summed E-state index contributed by atoms with van der Waals surface area (Å²) in [4.78, 5) is 0. The van der Waals surface area contributed by atoms with Crippen molar-refractivity contribution in [1.29, 1.82) is 0 Å². The average molecular weight is 565 g/mol. The van der Waals surface area contributed by atoms with E-state index in [4.69, 9.17) is 0 Å². The Balaban J connectivity index is 0. The maximum atomic E-state index is 2.99. The van der Waals surface area contributed by atoms with Crippen molar-refractivity contribution in [2.75, 3.05) is 0 Å². The Morgan fingerprint density at radius 2 is 1.00 bits per heavy atom. The minimum atomic E-state index is 0. The first-order chi connectivity index (χ1) is 11.4. The molecule has 26 heavy (non-hydrogen) atoms. The predicted octanol–water partition coefficient (Wildman–Crippen LogP) is 4.53. The van der Waals surface area contributed by atoms with Crippen molar-refractivity contribution in [2.24, 2.45) is 0 Å². The summed E-state index contributed by atoms with van der Waals surface area (Å²) in [5, 5.41) is 2.90. The molecule has 4 heteroatoms. The molecule has 0 nitrogen and oxygen atoms in total. The molecule has 2 aromatic carbocycles. The van der Waals surface area contributed by atoms with E-state index in [2.05, 4.69) is 85.0 Å². The molecule has 0 spiro atoms. The van der Waals surface area contributed by atoms with Crippen LogP contribution in [0.4, 0.5) is 0 Å². The summed E-state index contributed by atoms with van der Waals surface area (Å²) in [5.41, 5.74) is 0. The van der Waals surface area contributed by atoms with Crippen molar-refractivity contribution in [3.63, 3.8) is 0 Å². The van der Waals surface area contributed by atoms with Crippen LogP contribution >= 0.6 is 24.8 Å². The summed E-state index contributed by atoms with van der Waals surface area (Å²) in [6.45, 7) is 0. The van der Waals surface area contributed by atoms with Gasteiger partial charge in [-0.1, -0.05) is 71.0 Å². The molecule has 0 N–H and O–H groups in total. The van der Waals surface area contributed by atoms with E-state index in [1.807, 2.05) is 24.3 Å². The number of hydrogen-bond acceptors (Lipinski definition) is 0. The van der Waals surface area contributed by atoms with Gasteiger partial charge < -0.3 is 0 Å². The van der Waals surface area contributed by atoms with Crippen LogP contribution in [0.15, 0.2) is 97.1 Å². The third-order valence-electron chi connectivity index (χ3n) is 3.10. The van der Waals surface area contributed by atoms with Gasteiger partial charge in [0.2, 0.25) is 0 Å². The summed E-state index contributed by atoms with van der Waals surface area (Å²) in [6, 6.07) is 21.3. The van der Waals surface area contributed by atoms with Gasteiger partial charge >= 0.3 is 0 Å². The van der Waals surface area contributed by atoms with Crippen molar-refractivity contribution >= 4 is 44.7 Å². The Morgan fingerprint density at radius 1 is 0.615 bits per heavy atom. The molecule has 0 atom stereocenters. The largest absolute Gasteiger partial charge is 0.273 e. The van der Waals surface area contributed by atoms with E-state index in [0.717, 1.165) is 12.8 Å². The van der Waals surface area contributed by atoms with Crippen molar-refractivity contribution in [3.05, 3.63) is 109 Å². The summed E-state index contributed by atoms with van der Waals surface area (Å²) in [6.07, 6.45) is 20.0. The molecule has 0 heterocycles. The topological polar surface area (TPSA) is 0 Å². The van der Waals surface area contributed by atoms with E-state index in [-0.39, 0.29) is 60.2 Å². The van der Waals surface area contributed by atoms with Crippen LogP contribution in [0.5, 0.6) is 0 Å². The maximum absolute atomic E-state index is 2.99. The van der Waals surface area contributed by atoms with Crippen molar-refractivity contribution in [3.8, 4) is 0 Å². The summed E-state index contributed by atoms with van der Waals surface area (Å²) < 4.78 is 0. The summed E-state index contributed by atoms with van der Waals surface area (Å²) in [7, 11) is 0.271. The zero-order chi connectivity index (χ0) is 16.0. The van der Waals surface area contributed by atoms with Crippen LogP contribution in [0, 0.1) is 12.2 Å². The van der Waals surface area contributed by atoms with Gasteiger partial charge in [0.25, 0.3) is 0 Å². The molecule has 2 aliphatic carbocycles. The van der Waals surface area contributed by atoms with E-state index in [0.29, 0.717) is 0 Å². The molecule has 135 valence electrons. The number of benzene rings is 2. The van der Waals surface area contributed by atoms with Gasteiger partial charge in [-0.05, 0) is 0 Å². The molecule has 2 aromatic rings. The van der Waals surface area contributed by atoms with Gasteiger partial charge in [0.05, 0.1) is 0 Å². The molecular weight excluding hydrogens is 542 g/mol. The standard InChI is InChI=1S/C12H11Si.2C5H5.2ClH.Hf/c1-3-7-11(8-4-1)13-12-9-5-2-6-10-12;2*1-2-4-5-3-1;;;/h1-10,13H;2*1-3H,4H2;2*1H;/q;2*-1;;;. The molecule has 0 unspecified atom stereocenters. The Hall–Kier alpha value is -0.933. The molecule has 0 fully saturated rings. The van der Waals surface area contributed by atoms with E-state index >= 15 is 0 Å². The minimum absolute atomic E-state index is 0. The Bertz CT molecular complexity index is 586. The Labute approximate surface area is 191 Å². The zero-order valence-electron chi connectivity index (χ0n) is 14.5. The number of hydrogen-bond donors (Lipinski definition) is 0. The van der Waals surface area contributed by atoms with Crippen molar-refractivity contribution in [1.82, 2.24) is 0 Å². The first-order valence-electron chi connectivity index (χ1n) is 7.83. The minimum Gasteiger partial charge on any atom is -0.273 e. The molecule has 0 aromatic heterocycles. The Kier molecular flexibility index (Phi) is 19.8. The third-order valence-corrected chi connectivity index (χ3v) is 4.54. The number of rotatable bonds is 2. The van der Waals surface area contributed by atoms with Gasteiger partial charge in [-0.25, -0.2) is 24.3 Å². The van der Waals surface area contributed by atoms with Crippen molar-refractivity contribution in [2.45, 2.75) is 12.8 Å². The summed E-state index contributed by atoms with van der Waals surface area (Å²) in [5.74, 6) is 0. The fraction of sp³-hybridized carbons (Fsp3) is 0.0909. The van der Waals surface area contributed by atoms with Gasteiger partial charge in [0.1, 0.15) is 9.52 Å². The monoisotopic (exact) mass is 565 g/mol. The van der Waals surface area contributed by atoms with Gasteiger partial charge in [-0.15, -0.1) is 37.7 Å². The first-order valence-corrected chi connectivity index (χ1v) is 8.99. The van der Waals surface area contributed by atoms with E-state index in [1.54, 1.807) is 0 Å². The second-order valence-corrected chi connectivity index (χ2v) is 6.59. The van der Waals surface area contributed by atoms with E-state index in [9.17, 15) is 0 Å². The number of halogens is 2. The molecule has 2 aliphatic rings. The third kappa shape index (κ3) is 13.3. The SMILES string of the molecule is Cl.Cl.[C-]1=CC=CC1.[C-]1=CC=CC1.[Hf].c1ccc([SiH]c2ccccc2)cc1. The first kappa shape index (κ1) is 27.3. The molecular formula is C22H23Cl2HfSi-2. The maximum Gasteiger partial charge on any atom is 0.103 e. The molecule has 1 radical (unpaired) electrons. The van der Waals surface area contributed by atoms with Crippen LogP contribution in [0.1, 0.15) is 12.8 Å². The zero-order valence-corrected chi connectivity index (χ0v) is 20.9. The van der Waals surface area contributed by atoms with Crippen molar-refractivity contribution < 1.29 is 25.8 Å². The normalized spacial score (nSPS) is 11.7. The van der Waals surface area contributed by atoms with Crippen LogP contribution in [0.2, 0.25) is 0 Å². The van der Waals surface area contributed by atoms with Crippen LogP contribution in [-0.4, -0.2) is 9.52 Å². The van der Waals surface area contributed by atoms with Crippen LogP contribution in [0.3, 0.4) is 0 Å². The second kappa shape index (κ2) is 18.8. The molecule has 0 bridgehead atoms. The van der Waals surface area contributed by atoms with Crippen LogP contribution in [0.25, 0.3) is 0 Å². The molecule has 0 saturated carbocycles. The second-order valence-electron chi connectivity index (χ2n) is 4.97. The van der Waals surface area contributed by atoms with Crippen LogP contribution < -0.4 is 10.4 Å². The quantitative estimate of drug-likeness (QED) is 0.372. The van der Waals surface area contributed by atoms with Gasteiger partial charge in [0, 0.05) is 25.8 Å². The summed E-state index contributed by atoms with van der Waals surface area (Å²) >= 11 is 0. The van der Waals surface area contributed by atoms with Gasteiger partial charge in [-0.2, -0.15) is 12.2 Å². The molecule has 0 amide bonds. The molecule has 0 aliphatic heterocycles. The fourth-order valence-electron chi connectivity index (χ4n) is 1.97.